The molecule has 0 aliphatic heterocycles. The lowest BCUT2D eigenvalue weighted by Gasteiger charge is -2.19. The number of primary amides is 1. The Balaban J connectivity index is 0.00000109. The molecule has 3 rings (SSSR count). The standard InChI is InChI=1S/C17H19N3O3.BHS/c1-8-3-6-13(21)9(2)14(8)20-15(18)12(16(19)22)7-11(17(20)23)10-4-5-10;1-2/h3,6-7,10,21H,4-5,18H2,1-2H3,(H2,19,22);2H. The van der Waals surface area contributed by atoms with Crippen molar-refractivity contribution in [3.63, 3.8) is 0 Å². The Labute approximate surface area is 152 Å². The third-order valence-electron chi connectivity index (χ3n) is 4.38. The number of hydrogen-bond donors (Lipinski definition) is 4. The minimum absolute atomic E-state index is 0.00343. The van der Waals surface area contributed by atoms with E-state index in [0.717, 1.165) is 18.4 Å². The number of phenolic OH excluding ortho intramolecular Hbond substituents is 1. The summed E-state index contributed by atoms with van der Waals surface area (Å²) in [5.74, 6) is -0.461. The van der Waals surface area contributed by atoms with Crippen molar-refractivity contribution in [2.45, 2.75) is 32.6 Å². The number of phenols is 1. The van der Waals surface area contributed by atoms with Gasteiger partial charge in [-0.15, -0.1) is 0 Å². The third kappa shape index (κ3) is 3.39. The maximum atomic E-state index is 12.9. The Hall–Kier alpha value is -2.35. The fourth-order valence-electron chi connectivity index (χ4n) is 2.93. The molecule has 1 aliphatic rings. The highest BCUT2D eigenvalue weighted by molar-refractivity contribution is 8.03. The fourth-order valence-corrected chi connectivity index (χ4v) is 2.93. The van der Waals surface area contributed by atoms with E-state index in [1.54, 1.807) is 19.1 Å². The first kappa shape index (κ1) is 19.0. The topological polar surface area (TPSA) is 111 Å². The van der Waals surface area contributed by atoms with Crippen molar-refractivity contribution in [1.82, 2.24) is 4.57 Å². The van der Waals surface area contributed by atoms with Gasteiger partial charge in [-0.3, -0.25) is 14.2 Å². The number of carbonyl (C=O) groups excluding carboxylic acids is 1. The molecule has 1 fully saturated rings. The number of nitrogens with zero attached hydrogens (tertiary/aromatic N) is 1. The summed E-state index contributed by atoms with van der Waals surface area (Å²) in [5, 5.41) is 9.99. The Bertz CT molecular complexity index is 892. The van der Waals surface area contributed by atoms with E-state index in [-0.39, 0.29) is 28.6 Å². The molecule has 0 atom stereocenters. The Morgan fingerprint density at radius 1 is 1.32 bits per heavy atom. The first-order chi connectivity index (χ1) is 11.8. The average Bonchev–Trinajstić information content (AvgIpc) is 3.40. The predicted octanol–water partition coefficient (Wildman–Crippen LogP) is 1.72. The second-order valence-electron chi connectivity index (χ2n) is 6.05. The van der Waals surface area contributed by atoms with Crippen molar-refractivity contribution in [3.8, 4) is 11.4 Å². The molecule has 0 spiro atoms. The van der Waals surface area contributed by atoms with Crippen LogP contribution in [-0.2, 0) is 0 Å². The summed E-state index contributed by atoms with van der Waals surface area (Å²) in [5.41, 5.74) is 13.7. The summed E-state index contributed by atoms with van der Waals surface area (Å²) in [6, 6.07) is 4.79. The molecule has 2 radical (unpaired) electrons. The van der Waals surface area contributed by atoms with Gasteiger partial charge in [-0.25, -0.2) is 12.5 Å². The van der Waals surface area contributed by atoms with E-state index in [0.29, 0.717) is 16.8 Å². The highest BCUT2D eigenvalue weighted by Gasteiger charge is 2.30. The zero-order valence-electron chi connectivity index (χ0n) is 14.1. The van der Waals surface area contributed by atoms with Gasteiger partial charge in [0.05, 0.1) is 11.3 Å². The number of thiol groups is 1. The summed E-state index contributed by atoms with van der Waals surface area (Å²) >= 11 is 3.03. The molecule has 0 saturated heterocycles. The molecule has 1 heterocycles. The van der Waals surface area contributed by atoms with Crippen LogP contribution in [-0.4, -0.2) is 22.7 Å². The SMILES string of the molecule is Cc1ccc(O)c(C)c1-n1c(N)c(C(N)=O)cc(C2CC2)c1=O.[B]S. The number of benzene rings is 1. The van der Waals surface area contributed by atoms with Crippen LogP contribution in [0.25, 0.3) is 5.69 Å². The van der Waals surface area contributed by atoms with E-state index >= 15 is 0 Å². The van der Waals surface area contributed by atoms with Gasteiger partial charge in [-0.1, -0.05) is 6.07 Å². The first-order valence-electron chi connectivity index (χ1n) is 7.73. The van der Waals surface area contributed by atoms with Gasteiger partial charge in [0, 0.05) is 11.1 Å². The number of rotatable bonds is 3. The van der Waals surface area contributed by atoms with Crippen LogP contribution < -0.4 is 17.0 Å². The second kappa shape index (κ2) is 7.27. The number of carbonyl (C=O) groups is 1. The van der Waals surface area contributed by atoms with Crippen LogP contribution in [0.15, 0.2) is 23.0 Å². The predicted molar refractivity (Wildman–Crippen MR) is 103 cm³/mol. The molecule has 1 saturated carbocycles. The van der Waals surface area contributed by atoms with Crippen LogP contribution in [0.5, 0.6) is 5.75 Å². The van der Waals surface area contributed by atoms with Gasteiger partial charge in [0.15, 0.2) is 7.12 Å². The molecule has 0 bridgehead atoms. The number of aromatic nitrogens is 1. The van der Waals surface area contributed by atoms with Crippen molar-refractivity contribution in [2.75, 3.05) is 5.73 Å². The van der Waals surface area contributed by atoms with Gasteiger partial charge in [0.2, 0.25) is 0 Å². The number of nitrogens with two attached hydrogens (primary N) is 2. The van der Waals surface area contributed by atoms with E-state index in [1.807, 2.05) is 6.92 Å². The van der Waals surface area contributed by atoms with Gasteiger partial charge in [0.1, 0.15) is 11.6 Å². The lowest BCUT2D eigenvalue weighted by molar-refractivity contribution is 0.100. The Kier molecular flexibility index (Phi) is 5.52. The highest BCUT2D eigenvalue weighted by Crippen LogP contribution is 2.39. The van der Waals surface area contributed by atoms with Crippen LogP contribution >= 0.6 is 12.5 Å². The zero-order chi connectivity index (χ0) is 18.9. The molecule has 2 aromatic rings. The van der Waals surface area contributed by atoms with Gasteiger partial charge in [-0.2, -0.15) is 0 Å². The van der Waals surface area contributed by atoms with E-state index in [9.17, 15) is 14.7 Å². The van der Waals surface area contributed by atoms with E-state index < -0.39 is 5.91 Å². The summed E-state index contributed by atoms with van der Waals surface area (Å²) in [6.45, 7) is 3.53. The molecule has 1 aromatic carbocycles. The second-order valence-corrected chi connectivity index (χ2v) is 6.05. The summed E-state index contributed by atoms with van der Waals surface area (Å²) < 4.78 is 1.30. The number of pyridine rings is 1. The smallest absolute Gasteiger partial charge is 0.260 e. The van der Waals surface area contributed by atoms with Crippen LogP contribution in [0.1, 0.15) is 45.8 Å². The van der Waals surface area contributed by atoms with E-state index in [2.05, 4.69) is 19.6 Å². The van der Waals surface area contributed by atoms with Gasteiger partial charge < -0.3 is 16.6 Å². The lowest BCUT2D eigenvalue weighted by Crippen LogP contribution is -2.29. The van der Waals surface area contributed by atoms with Crippen LogP contribution in [0.4, 0.5) is 5.82 Å². The number of anilines is 1. The lowest BCUT2D eigenvalue weighted by atomic mass is 10.0. The van der Waals surface area contributed by atoms with Gasteiger partial charge in [-0.05, 0) is 50.3 Å². The Morgan fingerprint density at radius 3 is 2.44 bits per heavy atom. The molecule has 25 heavy (non-hydrogen) atoms. The van der Waals surface area contributed by atoms with Crippen molar-refractivity contribution in [3.05, 3.63) is 50.8 Å². The molecule has 0 unspecified atom stereocenters. The van der Waals surface area contributed by atoms with Crippen molar-refractivity contribution >= 4 is 31.3 Å². The molecular weight excluding hydrogens is 337 g/mol. The maximum Gasteiger partial charge on any atom is 0.260 e. The van der Waals surface area contributed by atoms with Crippen molar-refractivity contribution in [2.24, 2.45) is 5.73 Å². The first-order valence-corrected chi connectivity index (χ1v) is 8.25. The fraction of sp³-hybridized carbons (Fsp3) is 0.294. The summed E-state index contributed by atoms with van der Waals surface area (Å²) in [7, 11) is 4.19. The quantitative estimate of drug-likeness (QED) is 0.495. The van der Waals surface area contributed by atoms with Crippen LogP contribution in [0, 0.1) is 13.8 Å². The summed E-state index contributed by atoms with van der Waals surface area (Å²) in [4.78, 5) is 24.6. The normalized spacial score (nSPS) is 13.1. The average molecular weight is 357 g/mol. The van der Waals surface area contributed by atoms with Gasteiger partial charge >= 0.3 is 0 Å². The molecule has 130 valence electrons. The number of amides is 1. The minimum Gasteiger partial charge on any atom is -0.508 e. The molecule has 5 N–H and O–H groups in total. The number of nitrogen functional groups attached to an aromatic ring is 1. The summed E-state index contributed by atoms with van der Waals surface area (Å²) in [6.07, 6.45) is 1.82. The highest BCUT2D eigenvalue weighted by atomic mass is 32.1. The van der Waals surface area contributed by atoms with Crippen molar-refractivity contribution in [1.29, 1.82) is 0 Å². The molecular formula is C17H20BN3O3S. The largest absolute Gasteiger partial charge is 0.508 e. The molecule has 8 heteroatoms. The van der Waals surface area contributed by atoms with E-state index in [4.69, 9.17) is 11.5 Å². The maximum absolute atomic E-state index is 12.9. The third-order valence-corrected chi connectivity index (χ3v) is 4.38. The Morgan fingerprint density at radius 2 is 1.92 bits per heavy atom. The van der Waals surface area contributed by atoms with Crippen LogP contribution in [0.2, 0.25) is 0 Å². The molecule has 1 aromatic heterocycles. The monoisotopic (exact) mass is 357 g/mol. The van der Waals surface area contributed by atoms with E-state index in [1.165, 1.54) is 10.6 Å². The van der Waals surface area contributed by atoms with Crippen molar-refractivity contribution < 1.29 is 9.90 Å². The zero-order valence-corrected chi connectivity index (χ0v) is 15.0. The van der Waals surface area contributed by atoms with Crippen LogP contribution in [0.3, 0.4) is 0 Å². The molecule has 1 aliphatic carbocycles. The number of aromatic hydroxyl groups is 1. The molecule has 1 amide bonds. The number of aryl methyl sites for hydroxylation is 1. The number of hydrogen-bond acceptors (Lipinski definition) is 5. The minimum atomic E-state index is -0.673. The van der Waals surface area contributed by atoms with Gasteiger partial charge in [0.25, 0.3) is 11.5 Å². The molecule has 6 nitrogen and oxygen atoms in total.